The number of carboxylic acids is 1. The van der Waals surface area contributed by atoms with E-state index in [2.05, 4.69) is 27.7 Å². The SMILES string of the molecule is CCC(C)CC(C)CC(C)CC(C)C(=O)O. The van der Waals surface area contributed by atoms with Crippen LogP contribution in [-0.2, 0) is 4.79 Å². The number of hydrogen-bond donors (Lipinski definition) is 1. The van der Waals surface area contributed by atoms with Gasteiger partial charge in [0.15, 0.2) is 0 Å². The van der Waals surface area contributed by atoms with Gasteiger partial charge in [0.1, 0.15) is 0 Å². The van der Waals surface area contributed by atoms with E-state index in [-0.39, 0.29) is 5.92 Å². The molecule has 0 aliphatic heterocycles. The van der Waals surface area contributed by atoms with E-state index in [1.807, 2.05) is 0 Å². The van der Waals surface area contributed by atoms with E-state index in [1.54, 1.807) is 6.92 Å². The summed E-state index contributed by atoms with van der Waals surface area (Å²) in [5, 5.41) is 8.85. The third-order valence-corrected chi connectivity index (χ3v) is 3.48. The summed E-state index contributed by atoms with van der Waals surface area (Å²) < 4.78 is 0. The van der Waals surface area contributed by atoms with Crippen molar-refractivity contribution in [2.45, 2.75) is 60.3 Å². The molecule has 96 valence electrons. The molecule has 2 heteroatoms. The molecule has 0 aromatic carbocycles. The van der Waals surface area contributed by atoms with Crippen LogP contribution < -0.4 is 0 Å². The molecule has 0 aliphatic rings. The Kier molecular flexibility index (Phi) is 7.44. The smallest absolute Gasteiger partial charge is 0.306 e. The largest absolute Gasteiger partial charge is 0.481 e. The molecule has 0 rings (SSSR count). The predicted octanol–water partition coefficient (Wildman–Crippen LogP) is 4.20. The van der Waals surface area contributed by atoms with E-state index in [0.29, 0.717) is 11.8 Å². The molecular weight excluding hydrogens is 200 g/mol. The average Bonchev–Trinajstić information content (AvgIpc) is 2.16. The van der Waals surface area contributed by atoms with Crippen molar-refractivity contribution in [3.8, 4) is 0 Å². The quantitative estimate of drug-likeness (QED) is 0.676. The zero-order valence-electron chi connectivity index (χ0n) is 11.5. The second-order valence-corrected chi connectivity index (χ2v) is 5.67. The van der Waals surface area contributed by atoms with Crippen LogP contribution in [0.25, 0.3) is 0 Å². The Balaban J connectivity index is 3.86. The van der Waals surface area contributed by atoms with Gasteiger partial charge in [-0.1, -0.05) is 41.0 Å². The Bertz CT molecular complexity index is 201. The molecule has 4 unspecified atom stereocenters. The van der Waals surface area contributed by atoms with Crippen molar-refractivity contribution in [2.75, 3.05) is 0 Å². The molecule has 0 spiro atoms. The molecule has 0 bridgehead atoms. The first kappa shape index (κ1) is 15.5. The zero-order chi connectivity index (χ0) is 12.7. The number of carboxylic acid groups (broad SMARTS) is 1. The summed E-state index contributed by atoms with van der Waals surface area (Å²) in [4.78, 5) is 10.7. The maximum Gasteiger partial charge on any atom is 0.306 e. The summed E-state index contributed by atoms with van der Waals surface area (Å²) >= 11 is 0. The Labute approximate surface area is 100 Å². The second-order valence-electron chi connectivity index (χ2n) is 5.67. The van der Waals surface area contributed by atoms with Crippen LogP contribution in [0.15, 0.2) is 0 Å². The normalized spacial score (nSPS) is 18.8. The first-order chi connectivity index (χ1) is 7.36. The molecule has 0 saturated carbocycles. The highest BCUT2D eigenvalue weighted by atomic mass is 16.4. The lowest BCUT2D eigenvalue weighted by Crippen LogP contribution is -2.15. The van der Waals surface area contributed by atoms with Crippen molar-refractivity contribution >= 4 is 5.97 Å². The topological polar surface area (TPSA) is 37.3 Å². The van der Waals surface area contributed by atoms with Gasteiger partial charge in [-0.3, -0.25) is 4.79 Å². The molecule has 0 aromatic heterocycles. The van der Waals surface area contributed by atoms with Crippen LogP contribution in [0.2, 0.25) is 0 Å². The van der Waals surface area contributed by atoms with Crippen molar-refractivity contribution < 1.29 is 9.90 Å². The lowest BCUT2D eigenvalue weighted by molar-refractivity contribution is -0.141. The van der Waals surface area contributed by atoms with Crippen molar-refractivity contribution in [1.82, 2.24) is 0 Å². The summed E-state index contributed by atoms with van der Waals surface area (Å²) in [6.07, 6.45) is 4.47. The summed E-state index contributed by atoms with van der Waals surface area (Å²) in [6, 6.07) is 0. The minimum absolute atomic E-state index is 0.203. The van der Waals surface area contributed by atoms with Crippen LogP contribution in [-0.4, -0.2) is 11.1 Å². The second kappa shape index (κ2) is 7.70. The van der Waals surface area contributed by atoms with Gasteiger partial charge in [0.25, 0.3) is 0 Å². The third kappa shape index (κ3) is 6.86. The monoisotopic (exact) mass is 228 g/mol. The van der Waals surface area contributed by atoms with Crippen molar-refractivity contribution in [1.29, 1.82) is 0 Å². The van der Waals surface area contributed by atoms with E-state index < -0.39 is 5.97 Å². The van der Waals surface area contributed by atoms with Gasteiger partial charge in [0.05, 0.1) is 5.92 Å². The molecule has 0 heterocycles. The highest BCUT2D eigenvalue weighted by Crippen LogP contribution is 2.25. The van der Waals surface area contributed by atoms with Crippen molar-refractivity contribution in [3.63, 3.8) is 0 Å². The molecule has 0 amide bonds. The van der Waals surface area contributed by atoms with E-state index in [1.165, 1.54) is 12.8 Å². The fraction of sp³-hybridized carbons (Fsp3) is 0.929. The molecule has 0 aromatic rings. The maximum atomic E-state index is 10.7. The van der Waals surface area contributed by atoms with Gasteiger partial charge in [0.2, 0.25) is 0 Å². The van der Waals surface area contributed by atoms with Gasteiger partial charge in [-0.25, -0.2) is 0 Å². The predicted molar refractivity (Wildman–Crippen MR) is 68.4 cm³/mol. The summed E-state index contributed by atoms with van der Waals surface area (Å²) in [7, 11) is 0. The molecule has 0 saturated heterocycles. The first-order valence-corrected chi connectivity index (χ1v) is 6.59. The lowest BCUT2D eigenvalue weighted by Gasteiger charge is -2.21. The van der Waals surface area contributed by atoms with E-state index in [4.69, 9.17) is 5.11 Å². The van der Waals surface area contributed by atoms with E-state index in [0.717, 1.165) is 18.8 Å². The standard InChI is InChI=1S/C14H28O2/c1-6-10(2)7-11(3)8-12(4)9-13(5)14(15)16/h10-13H,6-9H2,1-5H3,(H,15,16). The fourth-order valence-corrected chi connectivity index (χ4v) is 2.44. The lowest BCUT2D eigenvalue weighted by atomic mass is 9.85. The summed E-state index contributed by atoms with van der Waals surface area (Å²) in [6.45, 7) is 10.8. The first-order valence-electron chi connectivity index (χ1n) is 6.59. The minimum Gasteiger partial charge on any atom is -0.481 e. The van der Waals surface area contributed by atoms with Crippen LogP contribution in [0.1, 0.15) is 60.3 Å². The zero-order valence-corrected chi connectivity index (χ0v) is 11.5. The van der Waals surface area contributed by atoms with E-state index in [9.17, 15) is 4.79 Å². The molecule has 0 aliphatic carbocycles. The van der Waals surface area contributed by atoms with Crippen LogP contribution in [0.4, 0.5) is 0 Å². The fourth-order valence-electron chi connectivity index (χ4n) is 2.44. The van der Waals surface area contributed by atoms with Crippen LogP contribution in [0.5, 0.6) is 0 Å². The number of aliphatic carboxylic acids is 1. The molecule has 0 fully saturated rings. The summed E-state index contributed by atoms with van der Waals surface area (Å²) in [5.41, 5.74) is 0. The van der Waals surface area contributed by atoms with Crippen LogP contribution in [0, 0.1) is 23.7 Å². The minimum atomic E-state index is -0.665. The van der Waals surface area contributed by atoms with Gasteiger partial charge in [0, 0.05) is 0 Å². The van der Waals surface area contributed by atoms with Crippen molar-refractivity contribution in [2.24, 2.45) is 23.7 Å². The van der Waals surface area contributed by atoms with Gasteiger partial charge in [-0.15, -0.1) is 0 Å². The summed E-state index contributed by atoms with van der Waals surface area (Å²) in [5.74, 6) is 1.16. The van der Waals surface area contributed by atoms with Gasteiger partial charge < -0.3 is 5.11 Å². The Hall–Kier alpha value is -0.530. The Morgan fingerprint density at radius 1 is 0.938 bits per heavy atom. The molecule has 4 atom stereocenters. The molecular formula is C14H28O2. The molecule has 16 heavy (non-hydrogen) atoms. The number of hydrogen-bond acceptors (Lipinski definition) is 1. The van der Waals surface area contributed by atoms with Gasteiger partial charge in [-0.2, -0.15) is 0 Å². The average molecular weight is 228 g/mol. The Morgan fingerprint density at radius 2 is 1.38 bits per heavy atom. The molecule has 2 nitrogen and oxygen atoms in total. The third-order valence-electron chi connectivity index (χ3n) is 3.48. The number of rotatable bonds is 8. The van der Waals surface area contributed by atoms with Gasteiger partial charge >= 0.3 is 5.97 Å². The highest BCUT2D eigenvalue weighted by Gasteiger charge is 2.17. The van der Waals surface area contributed by atoms with Gasteiger partial charge in [-0.05, 0) is 37.0 Å². The highest BCUT2D eigenvalue weighted by molar-refractivity contribution is 5.69. The Morgan fingerprint density at radius 3 is 1.81 bits per heavy atom. The van der Waals surface area contributed by atoms with E-state index >= 15 is 0 Å². The van der Waals surface area contributed by atoms with Crippen molar-refractivity contribution in [3.05, 3.63) is 0 Å². The number of carbonyl (C=O) groups is 1. The maximum absolute atomic E-state index is 10.7. The molecule has 0 radical (unpaired) electrons. The van der Waals surface area contributed by atoms with Crippen LogP contribution >= 0.6 is 0 Å². The van der Waals surface area contributed by atoms with Crippen LogP contribution in [0.3, 0.4) is 0 Å². The molecule has 1 N–H and O–H groups in total.